The Morgan fingerprint density at radius 1 is 1.27 bits per heavy atom. The van der Waals surface area contributed by atoms with Gasteiger partial charge >= 0.3 is 0 Å². The zero-order valence-electron chi connectivity index (χ0n) is 12.9. The van der Waals surface area contributed by atoms with Crippen LogP contribution in [0.4, 0.5) is 5.13 Å². The Balaban J connectivity index is 1.53. The van der Waals surface area contributed by atoms with Crippen molar-refractivity contribution in [2.45, 2.75) is 6.42 Å². The highest BCUT2D eigenvalue weighted by Gasteiger charge is 2.20. The average Bonchev–Trinajstić information content (AvgIpc) is 3.27. The van der Waals surface area contributed by atoms with Gasteiger partial charge in [-0.1, -0.05) is 34.8 Å². The number of halogens is 3. The van der Waals surface area contributed by atoms with Gasteiger partial charge in [0.1, 0.15) is 0 Å². The summed E-state index contributed by atoms with van der Waals surface area (Å²) in [5.74, 6) is -0.359. The lowest BCUT2D eigenvalue weighted by Crippen LogP contribution is -2.14. The molecule has 10 heteroatoms. The smallest absolute Gasteiger partial charge is 0.277 e. The Bertz CT molecular complexity index is 1120. The van der Waals surface area contributed by atoms with Gasteiger partial charge in [0, 0.05) is 39.1 Å². The van der Waals surface area contributed by atoms with E-state index >= 15 is 0 Å². The van der Waals surface area contributed by atoms with E-state index in [-0.39, 0.29) is 16.8 Å². The second-order valence-electron chi connectivity index (χ2n) is 5.31. The molecule has 1 amide bonds. The molecule has 0 unspecified atom stereocenters. The number of nitrogens with one attached hydrogen (secondary N) is 1. The van der Waals surface area contributed by atoms with Crippen molar-refractivity contribution in [3.8, 4) is 0 Å². The summed E-state index contributed by atoms with van der Waals surface area (Å²) in [5, 5.41) is 6.51. The number of hydrogen-bond donors (Lipinski definition) is 1. The molecule has 0 radical (unpaired) electrons. The van der Waals surface area contributed by atoms with Gasteiger partial charge in [0.2, 0.25) is 0 Å². The monoisotopic (exact) mass is 442 g/mol. The standard InChI is InChI=1S/C16H9Cl3N4OS2/c17-9-1-2-11(18)8(5-9)6-10-7-20-15(26-10)22-14(24)12-13(19)21-16-23(12)3-4-25-16/h1-5,7H,6H2,(H,20,22,24). The summed E-state index contributed by atoms with van der Waals surface area (Å²) in [4.78, 5) is 22.6. The van der Waals surface area contributed by atoms with Crippen LogP contribution in [-0.2, 0) is 6.42 Å². The second-order valence-corrected chi connectivity index (χ2v) is 8.50. The number of thiazole rings is 2. The molecule has 0 aliphatic heterocycles. The number of imidazole rings is 1. The lowest BCUT2D eigenvalue weighted by atomic mass is 10.1. The maximum absolute atomic E-state index is 12.6. The molecule has 1 N–H and O–H groups in total. The summed E-state index contributed by atoms with van der Waals surface area (Å²) >= 11 is 21.1. The van der Waals surface area contributed by atoms with E-state index in [1.54, 1.807) is 28.9 Å². The Morgan fingerprint density at radius 3 is 2.96 bits per heavy atom. The third-order valence-electron chi connectivity index (χ3n) is 3.58. The molecule has 3 aromatic heterocycles. The first-order valence-corrected chi connectivity index (χ1v) is 10.2. The third-order valence-corrected chi connectivity index (χ3v) is 6.12. The van der Waals surface area contributed by atoms with Crippen molar-refractivity contribution >= 4 is 73.5 Å². The van der Waals surface area contributed by atoms with Gasteiger partial charge in [-0.25, -0.2) is 9.97 Å². The highest BCUT2D eigenvalue weighted by molar-refractivity contribution is 7.16. The summed E-state index contributed by atoms with van der Waals surface area (Å²) in [5.41, 5.74) is 1.19. The van der Waals surface area contributed by atoms with Gasteiger partial charge in [-0.2, -0.15) is 0 Å². The lowest BCUT2D eigenvalue weighted by molar-refractivity contribution is 0.102. The molecule has 0 fully saturated rings. The van der Waals surface area contributed by atoms with E-state index in [9.17, 15) is 4.79 Å². The van der Waals surface area contributed by atoms with E-state index in [0.29, 0.717) is 26.6 Å². The van der Waals surface area contributed by atoms with Crippen molar-refractivity contribution in [2.75, 3.05) is 5.32 Å². The summed E-state index contributed by atoms with van der Waals surface area (Å²) in [6.07, 6.45) is 4.03. The molecule has 4 aromatic rings. The molecule has 3 heterocycles. The van der Waals surface area contributed by atoms with Crippen molar-refractivity contribution < 1.29 is 4.79 Å². The van der Waals surface area contributed by atoms with Gasteiger partial charge in [-0.15, -0.1) is 22.7 Å². The molecule has 0 atom stereocenters. The number of rotatable bonds is 4. The predicted octanol–water partition coefficient (Wildman–Crippen LogP) is 5.66. The SMILES string of the molecule is O=C(Nc1ncc(Cc2cc(Cl)ccc2Cl)s1)c1c(Cl)nc2sccn12. The Kier molecular flexibility index (Phi) is 4.90. The molecular weight excluding hydrogens is 435 g/mol. The Hall–Kier alpha value is -1.64. The van der Waals surface area contributed by atoms with Gasteiger partial charge in [0.15, 0.2) is 20.9 Å². The largest absolute Gasteiger partial charge is 0.296 e. The molecule has 5 nitrogen and oxygen atoms in total. The van der Waals surface area contributed by atoms with Crippen LogP contribution in [0.3, 0.4) is 0 Å². The fourth-order valence-corrected chi connectivity index (χ4v) is 4.66. The summed E-state index contributed by atoms with van der Waals surface area (Å²) < 4.78 is 1.66. The highest BCUT2D eigenvalue weighted by atomic mass is 35.5. The van der Waals surface area contributed by atoms with Crippen LogP contribution in [0.1, 0.15) is 20.9 Å². The van der Waals surface area contributed by atoms with Crippen LogP contribution >= 0.6 is 57.5 Å². The first kappa shape index (κ1) is 17.8. The predicted molar refractivity (Wildman–Crippen MR) is 107 cm³/mol. The molecule has 0 spiro atoms. The van der Waals surface area contributed by atoms with Gasteiger partial charge in [0.25, 0.3) is 5.91 Å². The third kappa shape index (κ3) is 3.45. The molecule has 0 aliphatic carbocycles. The van der Waals surface area contributed by atoms with Crippen LogP contribution in [0.2, 0.25) is 15.2 Å². The van der Waals surface area contributed by atoms with Crippen LogP contribution in [-0.4, -0.2) is 20.3 Å². The first-order valence-electron chi connectivity index (χ1n) is 7.32. The Labute approximate surface area is 171 Å². The van der Waals surface area contributed by atoms with Crippen LogP contribution in [0.25, 0.3) is 4.96 Å². The number of anilines is 1. The number of fused-ring (bicyclic) bond motifs is 1. The second kappa shape index (κ2) is 7.17. The minimum atomic E-state index is -0.359. The van der Waals surface area contributed by atoms with E-state index in [2.05, 4.69) is 15.3 Å². The van der Waals surface area contributed by atoms with E-state index < -0.39 is 0 Å². The van der Waals surface area contributed by atoms with Crippen molar-refractivity contribution in [1.82, 2.24) is 14.4 Å². The van der Waals surface area contributed by atoms with Gasteiger partial charge in [-0.3, -0.25) is 14.5 Å². The van der Waals surface area contributed by atoms with E-state index in [0.717, 1.165) is 10.4 Å². The fraction of sp³-hybridized carbons (Fsp3) is 0.0625. The minimum Gasteiger partial charge on any atom is -0.296 e. The zero-order chi connectivity index (χ0) is 18.3. The van der Waals surface area contributed by atoms with Gasteiger partial charge in [-0.05, 0) is 23.8 Å². The number of carbonyl (C=O) groups is 1. The lowest BCUT2D eigenvalue weighted by Gasteiger charge is -2.03. The summed E-state index contributed by atoms with van der Waals surface area (Å²) in [6.45, 7) is 0. The van der Waals surface area contributed by atoms with E-state index in [4.69, 9.17) is 34.8 Å². The highest BCUT2D eigenvalue weighted by Crippen LogP contribution is 2.28. The van der Waals surface area contributed by atoms with Crippen molar-refractivity contribution in [1.29, 1.82) is 0 Å². The maximum Gasteiger partial charge on any atom is 0.277 e. The van der Waals surface area contributed by atoms with Crippen LogP contribution < -0.4 is 5.32 Å². The Morgan fingerprint density at radius 2 is 2.12 bits per heavy atom. The number of nitrogens with zero attached hydrogens (tertiary/aromatic N) is 3. The van der Waals surface area contributed by atoms with Crippen molar-refractivity contribution in [2.24, 2.45) is 0 Å². The minimum absolute atomic E-state index is 0.164. The van der Waals surface area contributed by atoms with Crippen LogP contribution in [0, 0.1) is 0 Å². The molecule has 1 aromatic carbocycles. The number of benzene rings is 1. The summed E-state index contributed by atoms with van der Waals surface area (Å²) in [6, 6.07) is 5.32. The van der Waals surface area contributed by atoms with E-state index in [1.807, 2.05) is 11.4 Å². The molecule has 0 bridgehead atoms. The van der Waals surface area contributed by atoms with Crippen LogP contribution in [0.15, 0.2) is 36.0 Å². The molecule has 0 aliphatic rings. The molecule has 26 heavy (non-hydrogen) atoms. The molecule has 0 saturated heterocycles. The summed E-state index contributed by atoms with van der Waals surface area (Å²) in [7, 11) is 0. The number of hydrogen-bond acceptors (Lipinski definition) is 5. The van der Waals surface area contributed by atoms with Crippen molar-refractivity contribution in [3.63, 3.8) is 0 Å². The zero-order valence-corrected chi connectivity index (χ0v) is 16.8. The number of amides is 1. The maximum atomic E-state index is 12.6. The molecular formula is C16H9Cl3N4OS2. The topological polar surface area (TPSA) is 59.3 Å². The number of aromatic nitrogens is 3. The number of carbonyl (C=O) groups excluding carboxylic acids is 1. The van der Waals surface area contributed by atoms with Gasteiger partial charge in [0.05, 0.1) is 0 Å². The normalized spacial score (nSPS) is 11.2. The molecule has 132 valence electrons. The molecule has 0 saturated carbocycles. The van der Waals surface area contributed by atoms with Crippen LogP contribution in [0.5, 0.6) is 0 Å². The first-order chi connectivity index (χ1) is 12.5. The average molecular weight is 444 g/mol. The van der Waals surface area contributed by atoms with E-state index in [1.165, 1.54) is 22.7 Å². The molecule has 4 rings (SSSR count). The quantitative estimate of drug-likeness (QED) is 0.443. The van der Waals surface area contributed by atoms with Gasteiger partial charge < -0.3 is 0 Å². The fourth-order valence-electron chi connectivity index (χ4n) is 2.43. The van der Waals surface area contributed by atoms with Crippen molar-refractivity contribution in [3.05, 3.63) is 67.3 Å².